The molecule has 0 spiro atoms. The van der Waals surface area contributed by atoms with Crippen molar-refractivity contribution < 1.29 is 24.2 Å². The van der Waals surface area contributed by atoms with E-state index in [1.54, 1.807) is 43.5 Å². The molecule has 1 aromatic heterocycles. The van der Waals surface area contributed by atoms with Crippen molar-refractivity contribution >= 4 is 11.8 Å². The summed E-state index contributed by atoms with van der Waals surface area (Å²) >= 11 is 0. The number of carbonyl (C=O) groups excluding carboxylic acids is 1. The Hall–Kier alpha value is -2.73. The molecule has 2 aromatic rings. The normalized spacial score (nSPS) is 11.8. The number of carbonyl (C=O) groups is 2. The van der Waals surface area contributed by atoms with E-state index in [-0.39, 0.29) is 18.8 Å². The van der Waals surface area contributed by atoms with E-state index in [1.165, 1.54) is 0 Å². The van der Waals surface area contributed by atoms with Crippen molar-refractivity contribution in [1.29, 1.82) is 0 Å². The summed E-state index contributed by atoms with van der Waals surface area (Å²) in [7, 11) is 0. The second-order valence-electron chi connectivity index (χ2n) is 5.75. The molecule has 0 bridgehead atoms. The standard InChI is InChI=1S/C20H23NO5/c1-3-14-7-10-17(21-12-14)18(22)13-26-16-8-5-15(6-9-16)11-19(20(23)24)25-4-2/h5-10,12,19H,3-4,11,13H2,1-2H3,(H,23,24)/t19-/m1/s1. The third-order valence-electron chi connectivity index (χ3n) is 3.88. The summed E-state index contributed by atoms with van der Waals surface area (Å²) in [4.78, 5) is 27.4. The number of aromatic nitrogens is 1. The number of carboxylic acid groups (broad SMARTS) is 1. The van der Waals surface area contributed by atoms with Gasteiger partial charge in [0.25, 0.3) is 0 Å². The van der Waals surface area contributed by atoms with Gasteiger partial charge in [-0.1, -0.05) is 25.1 Å². The molecule has 0 amide bonds. The van der Waals surface area contributed by atoms with Crippen molar-refractivity contribution in [3.8, 4) is 5.75 Å². The molecular weight excluding hydrogens is 334 g/mol. The first-order chi connectivity index (χ1) is 12.5. The van der Waals surface area contributed by atoms with Crippen molar-refractivity contribution in [2.75, 3.05) is 13.2 Å². The van der Waals surface area contributed by atoms with Gasteiger partial charge in [0.05, 0.1) is 0 Å². The lowest BCUT2D eigenvalue weighted by Crippen LogP contribution is -2.26. The van der Waals surface area contributed by atoms with E-state index in [2.05, 4.69) is 4.98 Å². The minimum absolute atomic E-state index is 0.103. The molecule has 1 atom stereocenters. The first-order valence-corrected chi connectivity index (χ1v) is 8.57. The smallest absolute Gasteiger partial charge is 0.333 e. The lowest BCUT2D eigenvalue weighted by molar-refractivity contribution is -0.149. The molecule has 1 aromatic carbocycles. The quantitative estimate of drug-likeness (QED) is 0.658. The van der Waals surface area contributed by atoms with Crippen LogP contribution in [0, 0.1) is 0 Å². The van der Waals surface area contributed by atoms with Crippen LogP contribution in [0.5, 0.6) is 5.75 Å². The second-order valence-corrected chi connectivity index (χ2v) is 5.75. The van der Waals surface area contributed by atoms with E-state index in [9.17, 15) is 9.59 Å². The Morgan fingerprint density at radius 3 is 2.31 bits per heavy atom. The van der Waals surface area contributed by atoms with Crippen LogP contribution in [0.15, 0.2) is 42.6 Å². The fourth-order valence-corrected chi connectivity index (χ4v) is 2.38. The number of aryl methyl sites for hydroxylation is 1. The van der Waals surface area contributed by atoms with E-state index in [0.717, 1.165) is 17.5 Å². The van der Waals surface area contributed by atoms with E-state index in [4.69, 9.17) is 14.6 Å². The van der Waals surface area contributed by atoms with Crippen LogP contribution in [0.1, 0.15) is 35.5 Å². The van der Waals surface area contributed by atoms with Gasteiger partial charge in [0.15, 0.2) is 12.7 Å². The highest BCUT2D eigenvalue weighted by molar-refractivity contribution is 5.95. The van der Waals surface area contributed by atoms with E-state index in [0.29, 0.717) is 18.1 Å². The Labute approximate surface area is 152 Å². The first kappa shape index (κ1) is 19.6. The number of rotatable bonds is 10. The number of carboxylic acids is 1. The SMILES string of the molecule is CCO[C@H](Cc1ccc(OCC(=O)c2ccc(CC)cn2)cc1)C(=O)O. The molecule has 0 saturated heterocycles. The zero-order valence-corrected chi connectivity index (χ0v) is 15.0. The van der Waals surface area contributed by atoms with Gasteiger partial charge in [-0.25, -0.2) is 4.79 Å². The van der Waals surface area contributed by atoms with E-state index < -0.39 is 12.1 Å². The highest BCUT2D eigenvalue weighted by atomic mass is 16.5. The molecule has 0 saturated carbocycles. The summed E-state index contributed by atoms with van der Waals surface area (Å²) in [5.41, 5.74) is 2.27. The minimum Gasteiger partial charge on any atom is -0.485 e. The van der Waals surface area contributed by atoms with E-state index in [1.807, 2.05) is 13.0 Å². The number of hydrogen-bond donors (Lipinski definition) is 1. The second kappa shape index (κ2) is 9.68. The molecule has 0 aliphatic heterocycles. The molecule has 1 N–H and O–H groups in total. The fourth-order valence-electron chi connectivity index (χ4n) is 2.38. The van der Waals surface area contributed by atoms with Crippen LogP contribution >= 0.6 is 0 Å². The van der Waals surface area contributed by atoms with Crippen LogP contribution < -0.4 is 4.74 Å². The van der Waals surface area contributed by atoms with Crippen LogP contribution in [-0.4, -0.2) is 41.2 Å². The summed E-state index contributed by atoms with van der Waals surface area (Å²) < 4.78 is 10.7. The number of ketones is 1. The van der Waals surface area contributed by atoms with Gasteiger partial charge < -0.3 is 14.6 Å². The molecular formula is C20H23NO5. The third-order valence-corrected chi connectivity index (χ3v) is 3.88. The zero-order valence-electron chi connectivity index (χ0n) is 15.0. The van der Waals surface area contributed by atoms with Gasteiger partial charge in [0.2, 0.25) is 5.78 Å². The molecule has 138 valence electrons. The average Bonchev–Trinajstić information content (AvgIpc) is 2.66. The van der Waals surface area contributed by atoms with Gasteiger partial charge in [0.1, 0.15) is 11.4 Å². The highest BCUT2D eigenvalue weighted by Gasteiger charge is 2.18. The molecule has 0 aliphatic carbocycles. The lowest BCUT2D eigenvalue weighted by Gasteiger charge is -2.12. The Kier molecular flexibility index (Phi) is 7.29. The van der Waals surface area contributed by atoms with Gasteiger partial charge >= 0.3 is 5.97 Å². The topological polar surface area (TPSA) is 85.7 Å². The van der Waals surface area contributed by atoms with Gasteiger partial charge in [-0.3, -0.25) is 9.78 Å². The van der Waals surface area contributed by atoms with Crippen LogP contribution in [-0.2, 0) is 22.4 Å². The molecule has 0 fully saturated rings. The maximum Gasteiger partial charge on any atom is 0.333 e. The molecule has 6 heteroatoms. The minimum atomic E-state index is -0.987. The summed E-state index contributed by atoms with van der Waals surface area (Å²) in [5, 5.41) is 9.11. The predicted octanol–water partition coefficient (Wildman–Crippen LogP) is 2.94. The van der Waals surface area contributed by atoms with Gasteiger partial charge in [-0.2, -0.15) is 0 Å². The van der Waals surface area contributed by atoms with Gasteiger partial charge in [-0.05, 0) is 42.7 Å². The van der Waals surface area contributed by atoms with Crippen molar-refractivity contribution in [2.24, 2.45) is 0 Å². The van der Waals surface area contributed by atoms with Crippen LogP contribution in [0.25, 0.3) is 0 Å². The molecule has 26 heavy (non-hydrogen) atoms. The summed E-state index contributed by atoms with van der Waals surface area (Å²) in [6.45, 7) is 4.02. The van der Waals surface area contributed by atoms with Crippen molar-refractivity contribution in [3.63, 3.8) is 0 Å². The number of Topliss-reactive ketones (excluding diaryl/α,β-unsaturated/α-hetero) is 1. The van der Waals surface area contributed by atoms with Crippen LogP contribution in [0.4, 0.5) is 0 Å². The third kappa shape index (κ3) is 5.67. The Balaban J connectivity index is 1.90. The molecule has 0 unspecified atom stereocenters. The molecule has 1 heterocycles. The molecule has 0 radical (unpaired) electrons. The number of hydrogen-bond acceptors (Lipinski definition) is 5. The molecule has 2 rings (SSSR count). The van der Waals surface area contributed by atoms with Crippen molar-refractivity contribution in [3.05, 3.63) is 59.4 Å². The Morgan fingerprint density at radius 1 is 1.08 bits per heavy atom. The number of pyridine rings is 1. The maximum atomic E-state index is 12.1. The predicted molar refractivity (Wildman–Crippen MR) is 96.6 cm³/mol. The largest absolute Gasteiger partial charge is 0.485 e. The van der Waals surface area contributed by atoms with Crippen LogP contribution in [0.2, 0.25) is 0 Å². The Bertz CT molecular complexity index is 725. The number of ether oxygens (including phenoxy) is 2. The number of aliphatic carboxylic acids is 1. The first-order valence-electron chi connectivity index (χ1n) is 8.57. The van der Waals surface area contributed by atoms with Crippen molar-refractivity contribution in [1.82, 2.24) is 4.98 Å². The average molecular weight is 357 g/mol. The zero-order chi connectivity index (χ0) is 18.9. The summed E-state index contributed by atoms with van der Waals surface area (Å²) in [5.74, 6) is -0.644. The highest BCUT2D eigenvalue weighted by Crippen LogP contribution is 2.15. The monoisotopic (exact) mass is 357 g/mol. The molecule has 6 nitrogen and oxygen atoms in total. The van der Waals surface area contributed by atoms with Gasteiger partial charge in [0, 0.05) is 19.2 Å². The summed E-state index contributed by atoms with van der Waals surface area (Å²) in [6, 6.07) is 10.5. The lowest BCUT2D eigenvalue weighted by atomic mass is 10.1. The maximum absolute atomic E-state index is 12.1. The Morgan fingerprint density at radius 2 is 1.77 bits per heavy atom. The van der Waals surface area contributed by atoms with E-state index >= 15 is 0 Å². The molecule has 0 aliphatic rings. The fraction of sp³-hybridized carbons (Fsp3) is 0.350. The van der Waals surface area contributed by atoms with Crippen molar-refractivity contribution in [2.45, 2.75) is 32.8 Å². The van der Waals surface area contributed by atoms with Crippen LogP contribution in [0.3, 0.4) is 0 Å². The summed E-state index contributed by atoms with van der Waals surface area (Å²) in [6.07, 6.45) is 1.97. The van der Waals surface area contributed by atoms with Gasteiger partial charge in [-0.15, -0.1) is 0 Å². The number of benzene rings is 1. The number of nitrogens with zero attached hydrogens (tertiary/aromatic N) is 1.